The maximum Gasteiger partial charge on any atom is 0.247 e. The quantitative estimate of drug-likeness (QED) is 0.438. The van der Waals surface area contributed by atoms with Crippen LogP contribution in [0.15, 0.2) is 35.6 Å². The van der Waals surface area contributed by atoms with Crippen molar-refractivity contribution in [2.24, 2.45) is 5.10 Å². The van der Waals surface area contributed by atoms with Crippen LogP contribution < -0.4 is 10.7 Å². The van der Waals surface area contributed by atoms with Crippen LogP contribution in [0.4, 0.5) is 5.13 Å². The Morgan fingerprint density at radius 1 is 1.27 bits per heavy atom. The van der Waals surface area contributed by atoms with E-state index in [9.17, 15) is 9.59 Å². The summed E-state index contributed by atoms with van der Waals surface area (Å²) in [7, 11) is 0. The van der Waals surface area contributed by atoms with Gasteiger partial charge in [-0.15, -0.1) is 10.2 Å². The van der Waals surface area contributed by atoms with Gasteiger partial charge < -0.3 is 10.3 Å². The summed E-state index contributed by atoms with van der Waals surface area (Å²) in [6, 6.07) is 7.84. The van der Waals surface area contributed by atoms with Crippen molar-refractivity contribution in [1.29, 1.82) is 0 Å². The molecule has 0 saturated heterocycles. The van der Waals surface area contributed by atoms with Gasteiger partial charge in [-0.3, -0.25) is 9.59 Å². The predicted octanol–water partition coefficient (Wildman–Crippen LogP) is 2.45. The molecule has 0 fully saturated rings. The fourth-order valence-corrected chi connectivity index (χ4v) is 3.09. The summed E-state index contributed by atoms with van der Waals surface area (Å²) in [5, 5.41) is 16.3. The molecule has 2 amide bonds. The fraction of sp³-hybridized carbons (Fsp3) is 0.235. The van der Waals surface area contributed by atoms with E-state index < -0.39 is 0 Å². The van der Waals surface area contributed by atoms with E-state index in [-0.39, 0.29) is 18.2 Å². The minimum absolute atomic E-state index is 0.0482. The zero-order valence-electron chi connectivity index (χ0n) is 14.2. The van der Waals surface area contributed by atoms with Crippen LogP contribution in [-0.2, 0) is 16.0 Å². The van der Waals surface area contributed by atoms with E-state index in [1.165, 1.54) is 11.3 Å². The Morgan fingerprint density at radius 2 is 2.12 bits per heavy atom. The number of amides is 2. The van der Waals surface area contributed by atoms with Crippen molar-refractivity contribution in [3.63, 3.8) is 0 Å². The van der Waals surface area contributed by atoms with Gasteiger partial charge in [-0.1, -0.05) is 36.5 Å². The Kier molecular flexibility index (Phi) is 5.69. The number of para-hydroxylation sites is 1. The van der Waals surface area contributed by atoms with E-state index in [2.05, 4.69) is 31.0 Å². The molecule has 0 aliphatic heterocycles. The van der Waals surface area contributed by atoms with Crippen molar-refractivity contribution in [2.75, 3.05) is 5.32 Å². The van der Waals surface area contributed by atoms with E-state index in [1.54, 1.807) is 6.21 Å². The topological polar surface area (TPSA) is 112 Å². The SMILES string of the molecule is CCCC(=O)Nc1nnc(CC(=O)NN=Cc2c[nH]c3ccccc23)s1. The third kappa shape index (κ3) is 4.51. The van der Waals surface area contributed by atoms with Gasteiger partial charge in [0.1, 0.15) is 5.01 Å². The lowest BCUT2D eigenvalue weighted by Crippen LogP contribution is -2.19. The molecule has 0 spiro atoms. The Morgan fingerprint density at radius 3 is 2.96 bits per heavy atom. The number of fused-ring (bicyclic) bond motifs is 1. The van der Waals surface area contributed by atoms with Gasteiger partial charge in [0.15, 0.2) is 0 Å². The number of nitrogens with zero attached hydrogens (tertiary/aromatic N) is 3. The summed E-state index contributed by atoms with van der Waals surface area (Å²) in [5.74, 6) is -0.411. The molecule has 26 heavy (non-hydrogen) atoms. The molecule has 0 bridgehead atoms. The summed E-state index contributed by atoms with van der Waals surface area (Å²) < 4.78 is 0. The van der Waals surface area contributed by atoms with Gasteiger partial charge in [-0.25, -0.2) is 5.43 Å². The van der Waals surface area contributed by atoms with Gasteiger partial charge in [0, 0.05) is 29.1 Å². The van der Waals surface area contributed by atoms with Crippen LogP contribution >= 0.6 is 11.3 Å². The van der Waals surface area contributed by atoms with Crippen molar-refractivity contribution in [2.45, 2.75) is 26.2 Å². The monoisotopic (exact) mass is 370 g/mol. The Bertz CT molecular complexity index is 946. The number of benzene rings is 1. The molecule has 3 aromatic rings. The second kappa shape index (κ2) is 8.34. The molecule has 134 valence electrons. The molecule has 0 aliphatic carbocycles. The number of hydrogen-bond acceptors (Lipinski definition) is 6. The maximum absolute atomic E-state index is 12.0. The first-order chi connectivity index (χ1) is 12.7. The van der Waals surface area contributed by atoms with Crippen molar-refractivity contribution in [3.05, 3.63) is 41.0 Å². The number of rotatable bonds is 7. The normalized spacial score (nSPS) is 11.1. The predicted molar refractivity (Wildman–Crippen MR) is 101 cm³/mol. The van der Waals surface area contributed by atoms with Gasteiger partial charge in [0.25, 0.3) is 0 Å². The zero-order chi connectivity index (χ0) is 18.4. The van der Waals surface area contributed by atoms with Crippen molar-refractivity contribution in [3.8, 4) is 0 Å². The molecular weight excluding hydrogens is 352 g/mol. The standard InChI is InChI=1S/C17H18N6O2S/c1-2-5-14(24)20-17-23-22-16(26-17)8-15(25)21-19-10-11-9-18-13-7-4-3-6-12(11)13/h3-4,6-7,9-10,18H,2,5,8H2,1H3,(H,21,25)(H,20,23,24). The zero-order valence-corrected chi connectivity index (χ0v) is 15.0. The maximum atomic E-state index is 12.0. The van der Waals surface area contributed by atoms with Crippen LogP contribution in [0, 0.1) is 0 Å². The van der Waals surface area contributed by atoms with Crippen LogP contribution in [0.5, 0.6) is 0 Å². The number of aromatic amines is 1. The summed E-state index contributed by atoms with van der Waals surface area (Å²) in [6.07, 6.45) is 4.66. The van der Waals surface area contributed by atoms with E-state index in [0.29, 0.717) is 16.6 Å². The highest BCUT2D eigenvalue weighted by Crippen LogP contribution is 2.17. The van der Waals surface area contributed by atoms with Gasteiger partial charge in [0.05, 0.1) is 12.6 Å². The fourth-order valence-electron chi connectivity index (χ4n) is 2.34. The number of nitrogens with one attached hydrogen (secondary N) is 3. The summed E-state index contributed by atoms with van der Waals surface area (Å²) in [5.41, 5.74) is 4.37. The lowest BCUT2D eigenvalue weighted by atomic mass is 10.2. The minimum Gasteiger partial charge on any atom is -0.361 e. The number of anilines is 1. The molecule has 0 aliphatic rings. The third-order valence-electron chi connectivity index (χ3n) is 3.52. The molecule has 3 rings (SSSR count). The lowest BCUT2D eigenvalue weighted by Gasteiger charge is -1.97. The van der Waals surface area contributed by atoms with Crippen LogP contribution in [0.25, 0.3) is 10.9 Å². The first-order valence-electron chi connectivity index (χ1n) is 8.16. The lowest BCUT2D eigenvalue weighted by molar-refractivity contribution is -0.120. The molecular formula is C17H18N6O2S. The summed E-state index contributed by atoms with van der Waals surface area (Å²) in [4.78, 5) is 26.6. The third-order valence-corrected chi connectivity index (χ3v) is 4.35. The molecule has 0 saturated carbocycles. The first kappa shape index (κ1) is 17.7. The first-order valence-corrected chi connectivity index (χ1v) is 8.97. The molecule has 2 heterocycles. The van der Waals surface area contributed by atoms with Gasteiger partial charge in [-0.2, -0.15) is 5.10 Å². The van der Waals surface area contributed by atoms with Gasteiger partial charge in [-0.05, 0) is 12.5 Å². The van der Waals surface area contributed by atoms with Crippen LogP contribution in [0.2, 0.25) is 0 Å². The van der Waals surface area contributed by atoms with Crippen molar-refractivity contribution in [1.82, 2.24) is 20.6 Å². The number of H-pyrrole nitrogens is 1. The Balaban J connectivity index is 1.53. The highest BCUT2D eigenvalue weighted by atomic mass is 32.1. The number of hydrogen-bond donors (Lipinski definition) is 3. The van der Waals surface area contributed by atoms with Crippen LogP contribution in [0.3, 0.4) is 0 Å². The molecule has 9 heteroatoms. The highest BCUT2D eigenvalue weighted by molar-refractivity contribution is 7.15. The second-order valence-corrected chi connectivity index (χ2v) is 6.62. The average molecular weight is 370 g/mol. The molecule has 2 aromatic heterocycles. The molecule has 1 aromatic carbocycles. The smallest absolute Gasteiger partial charge is 0.247 e. The van der Waals surface area contributed by atoms with E-state index in [4.69, 9.17) is 0 Å². The van der Waals surface area contributed by atoms with E-state index >= 15 is 0 Å². The van der Waals surface area contributed by atoms with Crippen LogP contribution in [-0.4, -0.2) is 33.2 Å². The highest BCUT2D eigenvalue weighted by Gasteiger charge is 2.11. The number of carbonyl (C=O) groups is 2. The average Bonchev–Trinajstić information content (AvgIpc) is 3.22. The molecule has 8 nitrogen and oxygen atoms in total. The van der Waals surface area contributed by atoms with Crippen molar-refractivity contribution >= 4 is 45.4 Å². The Hall–Kier alpha value is -3.07. The molecule has 3 N–H and O–H groups in total. The molecule has 0 unspecified atom stereocenters. The van der Waals surface area contributed by atoms with Crippen molar-refractivity contribution < 1.29 is 9.59 Å². The summed E-state index contributed by atoms with van der Waals surface area (Å²) >= 11 is 1.18. The molecule has 0 radical (unpaired) electrons. The van der Waals surface area contributed by atoms with E-state index in [1.807, 2.05) is 37.4 Å². The number of carbonyl (C=O) groups excluding carboxylic acids is 2. The molecule has 0 atom stereocenters. The van der Waals surface area contributed by atoms with E-state index in [0.717, 1.165) is 22.9 Å². The van der Waals surface area contributed by atoms with Crippen LogP contribution in [0.1, 0.15) is 30.3 Å². The summed E-state index contributed by atoms with van der Waals surface area (Å²) in [6.45, 7) is 1.92. The minimum atomic E-state index is -0.302. The van der Waals surface area contributed by atoms with Gasteiger partial charge in [0.2, 0.25) is 16.9 Å². The largest absolute Gasteiger partial charge is 0.361 e. The second-order valence-electron chi connectivity index (χ2n) is 5.56. The number of hydrazone groups is 1. The van der Waals surface area contributed by atoms with Gasteiger partial charge >= 0.3 is 0 Å². The number of aromatic nitrogens is 3. The Labute approximate surface area is 153 Å².